The average molecular weight is 288 g/mol. The Morgan fingerprint density at radius 1 is 1.30 bits per heavy atom. The average Bonchev–Trinajstić information content (AvgIpc) is 2.37. The van der Waals surface area contributed by atoms with Crippen molar-refractivity contribution in [3.63, 3.8) is 0 Å². The van der Waals surface area contributed by atoms with Crippen LogP contribution >= 0.6 is 0 Å². The maximum Gasteiger partial charge on any atom is 0.410 e. The summed E-state index contributed by atoms with van der Waals surface area (Å²) in [6.07, 6.45) is 1.48. The molecule has 0 aromatic rings. The van der Waals surface area contributed by atoms with Crippen molar-refractivity contribution < 1.29 is 19.7 Å². The van der Waals surface area contributed by atoms with Gasteiger partial charge in [0.05, 0.1) is 18.8 Å². The Bertz CT molecular complexity index is 324. The van der Waals surface area contributed by atoms with Crippen molar-refractivity contribution in [2.24, 2.45) is 0 Å². The number of piperidine rings is 1. The number of aliphatic hydroxyl groups excluding tert-OH is 2. The zero-order chi connectivity index (χ0) is 15.4. The molecule has 0 radical (unpaired) electrons. The predicted molar refractivity (Wildman–Crippen MR) is 76.5 cm³/mol. The van der Waals surface area contributed by atoms with Gasteiger partial charge < -0.3 is 25.2 Å². The Morgan fingerprint density at radius 3 is 2.40 bits per heavy atom. The number of ether oxygens (including phenoxy) is 1. The Hall–Kier alpha value is -0.850. The lowest BCUT2D eigenvalue weighted by Gasteiger charge is -2.38. The lowest BCUT2D eigenvalue weighted by molar-refractivity contribution is 0.0149. The molecule has 6 nitrogen and oxygen atoms in total. The van der Waals surface area contributed by atoms with Gasteiger partial charge in [-0.05, 0) is 40.5 Å². The van der Waals surface area contributed by atoms with Crippen LogP contribution in [0.4, 0.5) is 4.79 Å². The van der Waals surface area contributed by atoms with Crippen LogP contribution in [0.1, 0.15) is 40.5 Å². The molecule has 0 aromatic heterocycles. The Morgan fingerprint density at radius 2 is 1.90 bits per heavy atom. The minimum Gasteiger partial charge on any atom is -0.444 e. The molecular weight excluding hydrogens is 260 g/mol. The Balaban J connectivity index is 2.56. The summed E-state index contributed by atoms with van der Waals surface area (Å²) >= 11 is 0. The molecule has 1 rings (SSSR count). The zero-order valence-corrected chi connectivity index (χ0v) is 13.0. The molecule has 20 heavy (non-hydrogen) atoms. The Kier molecular flexibility index (Phi) is 5.79. The second kappa shape index (κ2) is 6.74. The number of likely N-dealkylation sites (tertiary alicyclic amines) is 1. The first-order valence-electron chi connectivity index (χ1n) is 7.16. The van der Waals surface area contributed by atoms with Crippen LogP contribution in [0.2, 0.25) is 0 Å². The summed E-state index contributed by atoms with van der Waals surface area (Å²) in [6.45, 7) is 8.22. The number of carbonyl (C=O) groups excluding carboxylic acids is 1. The molecule has 0 aliphatic carbocycles. The van der Waals surface area contributed by atoms with Crippen molar-refractivity contribution in [1.82, 2.24) is 10.2 Å². The number of carbonyl (C=O) groups is 1. The van der Waals surface area contributed by atoms with E-state index >= 15 is 0 Å². The molecule has 1 atom stereocenters. The molecule has 0 aromatic carbocycles. The van der Waals surface area contributed by atoms with Crippen LogP contribution in [-0.2, 0) is 4.74 Å². The highest BCUT2D eigenvalue weighted by molar-refractivity contribution is 5.68. The number of hydrogen-bond acceptors (Lipinski definition) is 5. The molecule has 1 unspecified atom stereocenters. The van der Waals surface area contributed by atoms with Gasteiger partial charge in [-0.1, -0.05) is 0 Å². The van der Waals surface area contributed by atoms with Crippen molar-refractivity contribution in [2.45, 2.75) is 57.7 Å². The molecule has 1 heterocycles. The summed E-state index contributed by atoms with van der Waals surface area (Å²) < 4.78 is 5.37. The third-order valence-corrected chi connectivity index (χ3v) is 3.32. The maximum absolute atomic E-state index is 12.0. The van der Waals surface area contributed by atoms with Crippen LogP contribution in [0, 0.1) is 0 Å². The molecule has 1 amide bonds. The highest BCUT2D eigenvalue weighted by Gasteiger charge is 2.31. The summed E-state index contributed by atoms with van der Waals surface area (Å²) in [7, 11) is 0. The van der Waals surface area contributed by atoms with Crippen molar-refractivity contribution in [3.8, 4) is 0 Å². The van der Waals surface area contributed by atoms with Crippen molar-refractivity contribution in [1.29, 1.82) is 0 Å². The van der Waals surface area contributed by atoms with Gasteiger partial charge in [-0.15, -0.1) is 0 Å². The van der Waals surface area contributed by atoms with E-state index in [9.17, 15) is 15.0 Å². The predicted octanol–water partition coefficient (Wildman–Crippen LogP) is 0.719. The van der Waals surface area contributed by atoms with Crippen LogP contribution in [0.15, 0.2) is 0 Å². The summed E-state index contributed by atoms with van der Waals surface area (Å²) in [5, 5.41) is 21.9. The van der Waals surface area contributed by atoms with Gasteiger partial charge in [-0.2, -0.15) is 0 Å². The molecule has 1 saturated heterocycles. The van der Waals surface area contributed by atoms with Crippen LogP contribution in [0.3, 0.4) is 0 Å². The van der Waals surface area contributed by atoms with Gasteiger partial charge in [-0.25, -0.2) is 4.79 Å². The highest BCUT2D eigenvalue weighted by atomic mass is 16.6. The van der Waals surface area contributed by atoms with Gasteiger partial charge in [0, 0.05) is 19.1 Å². The van der Waals surface area contributed by atoms with Crippen molar-refractivity contribution >= 4 is 6.09 Å². The van der Waals surface area contributed by atoms with E-state index in [1.807, 2.05) is 20.8 Å². The van der Waals surface area contributed by atoms with Gasteiger partial charge >= 0.3 is 6.09 Å². The molecule has 118 valence electrons. The largest absolute Gasteiger partial charge is 0.444 e. The van der Waals surface area contributed by atoms with Gasteiger partial charge in [0.1, 0.15) is 5.60 Å². The van der Waals surface area contributed by atoms with E-state index in [4.69, 9.17) is 4.74 Å². The second-order valence-corrected chi connectivity index (χ2v) is 6.79. The van der Waals surface area contributed by atoms with Gasteiger partial charge in [0.2, 0.25) is 0 Å². The van der Waals surface area contributed by atoms with Gasteiger partial charge in [-0.3, -0.25) is 0 Å². The molecule has 0 saturated carbocycles. The number of rotatable bonds is 4. The lowest BCUT2D eigenvalue weighted by atomic mass is 9.99. The molecule has 1 fully saturated rings. The molecule has 6 heteroatoms. The van der Waals surface area contributed by atoms with Crippen molar-refractivity contribution in [3.05, 3.63) is 0 Å². The third kappa shape index (κ3) is 5.26. The summed E-state index contributed by atoms with van der Waals surface area (Å²) in [5.74, 6) is 0. The van der Waals surface area contributed by atoms with E-state index in [1.54, 1.807) is 11.8 Å². The third-order valence-electron chi connectivity index (χ3n) is 3.32. The lowest BCUT2D eigenvalue weighted by Crippen LogP contribution is -2.58. The normalized spacial score (nSPS) is 20.9. The first-order valence-corrected chi connectivity index (χ1v) is 7.16. The molecule has 1 aliphatic rings. The monoisotopic (exact) mass is 288 g/mol. The van der Waals surface area contributed by atoms with E-state index in [-0.39, 0.29) is 25.3 Å². The number of aliphatic hydroxyl groups is 2. The van der Waals surface area contributed by atoms with Crippen LogP contribution < -0.4 is 5.32 Å². The molecule has 0 bridgehead atoms. The molecule has 1 aliphatic heterocycles. The van der Waals surface area contributed by atoms with E-state index in [0.717, 1.165) is 12.8 Å². The fourth-order valence-electron chi connectivity index (χ4n) is 2.22. The van der Waals surface area contributed by atoms with Crippen LogP contribution in [0.5, 0.6) is 0 Å². The maximum atomic E-state index is 12.0. The first-order chi connectivity index (χ1) is 9.19. The quantitative estimate of drug-likeness (QED) is 0.710. The number of hydrogen-bond donors (Lipinski definition) is 3. The van der Waals surface area contributed by atoms with E-state index < -0.39 is 11.1 Å². The van der Waals surface area contributed by atoms with Gasteiger partial charge in [0.15, 0.2) is 0 Å². The van der Waals surface area contributed by atoms with E-state index in [0.29, 0.717) is 13.1 Å². The minimum atomic E-state index is -0.721. The summed E-state index contributed by atoms with van der Waals surface area (Å²) in [6, 6.07) is 0.0561. The number of amides is 1. The van der Waals surface area contributed by atoms with E-state index in [1.165, 1.54) is 0 Å². The van der Waals surface area contributed by atoms with Crippen LogP contribution in [0.25, 0.3) is 0 Å². The zero-order valence-electron chi connectivity index (χ0n) is 13.0. The standard InChI is InChI=1S/C14H28N2O4/c1-13(2,3)20-12(19)16-7-5-6-11(8-16)15-14(4,9-17)10-18/h11,15,17-18H,5-10H2,1-4H3. The van der Waals surface area contributed by atoms with Gasteiger partial charge in [0.25, 0.3) is 0 Å². The fraction of sp³-hybridized carbons (Fsp3) is 0.929. The number of nitrogens with zero attached hydrogens (tertiary/aromatic N) is 1. The fourth-order valence-corrected chi connectivity index (χ4v) is 2.22. The highest BCUT2D eigenvalue weighted by Crippen LogP contribution is 2.17. The molecule has 0 spiro atoms. The summed E-state index contributed by atoms with van der Waals surface area (Å²) in [5.41, 5.74) is -1.22. The second-order valence-electron chi connectivity index (χ2n) is 6.79. The van der Waals surface area contributed by atoms with Crippen molar-refractivity contribution in [2.75, 3.05) is 26.3 Å². The smallest absolute Gasteiger partial charge is 0.410 e. The molecular formula is C14H28N2O4. The topological polar surface area (TPSA) is 82.0 Å². The SMILES string of the molecule is CC(CO)(CO)NC1CCCN(C(=O)OC(C)(C)C)C1. The van der Waals surface area contributed by atoms with Crippen LogP contribution in [-0.4, -0.2) is 64.7 Å². The minimum absolute atomic E-state index is 0.0561. The Labute approximate surface area is 121 Å². The molecule has 3 N–H and O–H groups in total. The first kappa shape index (κ1) is 17.2. The van der Waals surface area contributed by atoms with E-state index in [2.05, 4.69) is 5.32 Å². The summed E-state index contributed by atoms with van der Waals surface area (Å²) in [4.78, 5) is 13.7. The number of nitrogens with one attached hydrogen (secondary N) is 1.